The maximum absolute atomic E-state index is 13.3. The van der Waals surface area contributed by atoms with Crippen LogP contribution in [0.5, 0.6) is 0 Å². The minimum Gasteiger partial charge on any atom is -0.325 e. The number of rotatable bonds is 6. The van der Waals surface area contributed by atoms with E-state index in [1.807, 2.05) is 26.8 Å². The molecule has 31 heavy (non-hydrogen) atoms. The van der Waals surface area contributed by atoms with Gasteiger partial charge in [-0.15, -0.1) is 0 Å². The first-order chi connectivity index (χ1) is 14.7. The summed E-state index contributed by atoms with van der Waals surface area (Å²) in [4.78, 5) is 42.1. The van der Waals surface area contributed by atoms with Gasteiger partial charge in [-0.2, -0.15) is 5.26 Å². The Kier molecular flexibility index (Phi) is 6.47. The van der Waals surface area contributed by atoms with Crippen molar-refractivity contribution in [3.05, 3.63) is 64.7 Å². The standard InChI is InChI=1S/C24H24ClN3O3/c1-4-24(2,3)28(22(30)13-16-5-9-18(25)10-6-16)20-14-21(29)27(23(20)31)19-11-7-17(15-26)8-12-19/h5-12,20H,4,13-14H2,1-3H3. The lowest BCUT2D eigenvalue weighted by Crippen LogP contribution is -2.56. The van der Waals surface area contributed by atoms with Crippen LogP contribution >= 0.6 is 11.6 Å². The summed E-state index contributed by atoms with van der Waals surface area (Å²) in [7, 11) is 0. The van der Waals surface area contributed by atoms with E-state index in [2.05, 4.69) is 0 Å². The Labute approximate surface area is 187 Å². The van der Waals surface area contributed by atoms with Crippen molar-refractivity contribution in [2.45, 2.75) is 51.6 Å². The second-order valence-electron chi connectivity index (χ2n) is 8.18. The molecular formula is C24H24ClN3O3. The van der Waals surface area contributed by atoms with Crippen molar-refractivity contribution in [1.29, 1.82) is 5.26 Å². The van der Waals surface area contributed by atoms with Gasteiger partial charge in [-0.1, -0.05) is 30.7 Å². The molecule has 2 aromatic rings. The lowest BCUT2D eigenvalue weighted by molar-refractivity contribution is -0.144. The molecule has 3 rings (SSSR count). The SMILES string of the molecule is CCC(C)(C)N(C(=O)Cc1ccc(Cl)cc1)C1CC(=O)N(c2ccc(C#N)cc2)C1=O. The fourth-order valence-corrected chi connectivity index (χ4v) is 3.87. The van der Waals surface area contributed by atoms with Crippen molar-refractivity contribution in [2.24, 2.45) is 0 Å². The van der Waals surface area contributed by atoms with Crippen LogP contribution in [0, 0.1) is 11.3 Å². The van der Waals surface area contributed by atoms with Crippen molar-refractivity contribution in [2.75, 3.05) is 4.90 Å². The minimum absolute atomic E-state index is 0.0748. The van der Waals surface area contributed by atoms with Gasteiger partial charge in [0, 0.05) is 10.6 Å². The van der Waals surface area contributed by atoms with Gasteiger partial charge in [0.25, 0.3) is 5.91 Å². The summed E-state index contributed by atoms with van der Waals surface area (Å²) in [6.45, 7) is 5.74. The van der Waals surface area contributed by atoms with Crippen molar-refractivity contribution in [3.8, 4) is 6.07 Å². The molecule has 7 heteroatoms. The fraction of sp³-hybridized carbons (Fsp3) is 0.333. The number of nitriles is 1. The van der Waals surface area contributed by atoms with Gasteiger partial charge in [-0.05, 0) is 62.2 Å². The highest BCUT2D eigenvalue weighted by molar-refractivity contribution is 6.30. The Morgan fingerprint density at radius 2 is 1.77 bits per heavy atom. The number of imide groups is 1. The topological polar surface area (TPSA) is 81.5 Å². The lowest BCUT2D eigenvalue weighted by Gasteiger charge is -2.41. The van der Waals surface area contributed by atoms with Crippen LogP contribution in [-0.2, 0) is 20.8 Å². The molecule has 1 heterocycles. The number of halogens is 1. The number of amides is 3. The number of benzene rings is 2. The number of nitrogens with zero attached hydrogens (tertiary/aromatic N) is 3. The summed E-state index contributed by atoms with van der Waals surface area (Å²) in [5, 5.41) is 9.56. The summed E-state index contributed by atoms with van der Waals surface area (Å²) in [5.74, 6) is -1.02. The molecule has 3 amide bonds. The Hall–Kier alpha value is -3.17. The number of hydrogen-bond acceptors (Lipinski definition) is 4. The second-order valence-corrected chi connectivity index (χ2v) is 8.62. The van der Waals surface area contributed by atoms with Crippen LogP contribution in [0.4, 0.5) is 5.69 Å². The zero-order chi connectivity index (χ0) is 22.8. The van der Waals surface area contributed by atoms with Gasteiger partial charge in [-0.25, -0.2) is 4.90 Å². The van der Waals surface area contributed by atoms with Gasteiger partial charge in [-0.3, -0.25) is 14.4 Å². The van der Waals surface area contributed by atoms with Gasteiger partial charge in [0.1, 0.15) is 6.04 Å². The van der Waals surface area contributed by atoms with E-state index >= 15 is 0 Å². The molecule has 1 saturated heterocycles. The molecular weight excluding hydrogens is 414 g/mol. The van der Waals surface area contributed by atoms with Crippen LogP contribution in [0.15, 0.2) is 48.5 Å². The fourth-order valence-electron chi connectivity index (χ4n) is 3.74. The minimum atomic E-state index is -0.877. The molecule has 1 aliphatic rings. The van der Waals surface area contributed by atoms with Gasteiger partial charge >= 0.3 is 0 Å². The zero-order valence-corrected chi connectivity index (χ0v) is 18.5. The molecule has 0 radical (unpaired) electrons. The van der Waals surface area contributed by atoms with Gasteiger partial charge in [0.2, 0.25) is 11.8 Å². The van der Waals surface area contributed by atoms with Crippen LogP contribution in [0.1, 0.15) is 44.7 Å². The van der Waals surface area contributed by atoms with Crippen molar-refractivity contribution >= 4 is 35.0 Å². The van der Waals surface area contributed by atoms with Crippen LogP contribution in [0.3, 0.4) is 0 Å². The Bertz CT molecular complexity index is 1040. The monoisotopic (exact) mass is 437 g/mol. The average Bonchev–Trinajstić information content (AvgIpc) is 3.03. The number of carbonyl (C=O) groups excluding carboxylic acids is 3. The molecule has 6 nitrogen and oxygen atoms in total. The van der Waals surface area contributed by atoms with Gasteiger partial charge in [0.15, 0.2) is 0 Å². The molecule has 0 aromatic heterocycles. The first-order valence-electron chi connectivity index (χ1n) is 10.1. The number of anilines is 1. The molecule has 0 spiro atoms. The van der Waals surface area contributed by atoms with E-state index in [1.165, 1.54) is 0 Å². The lowest BCUT2D eigenvalue weighted by atomic mass is 9.94. The van der Waals surface area contributed by atoms with E-state index in [0.29, 0.717) is 22.7 Å². The highest BCUT2D eigenvalue weighted by Gasteiger charge is 2.48. The molecule has 0 bridgehead atoms. The predicted molar refractivity (Wildman–Crippen MR) is 118 cm³/mol. The third kappa shape index (κ3) is 4.62. The first kappa shape index (κ1) is 22.5. The van der Waals surface area contributed by atoms with Crippen LogP contribution in [-0.4, -0.2) is 34.2 Å². The van der Waals surface area contributed by atoms with Crippen LogP contribution in [0.2, 0.25) is 5.02 Å². The van der Waals surface area contributed by atoms with E-state index in [0.717, 1.165) is 10.5 Å². The Morgan fingerprint density at radius 1 is 1.16 bits per heavy atom. The van der Waals surface area contributed by atoms with Crippen molar-refractivity contribution in [1.82, 2.24) is 4.90 Å². The number of carbonyl (C=O) groups is 3. The Morgan fingerprint density at radius 3 is 2.32 bits per heavy atom. The van der Waals surface area contributed by atoms with E-state index in [-0.39, 0.29) is 24.7 Å². The molecule has 0 N–H and O–H groups in total. The summed E-state index contributed by atoms with van der Waals surface area (Å²) in [6.07, 6.45) is 0.651. The van der Waals surface area contributed by atoms with Gasteiger partial charge in [0.05, 0.1) is 30.2 Å². The highest BCUT2D eigenvalue weighted by atomic mass is 35.5. The summed E-state index contributed by atoms with van der Waals surface area (Å²) in [6, 6.07) is 14.4. The molecule has 1 atom stereocenters. The molecule has 1 fully saturated rings. The third-order valence-electron chi connectivity index (χ3n) is 5.74. The molecule has 1 unspecified atom stereocenters. The van der Waals surface area contributed by atoms with E-state index in [4.69, 9.17) is 16.9 Å². The third-order valence-corrected chi connectivity index (χ3v) is 6.00. The molecule has 2 aromatic carbocycles. The van der Waals surface area contributed by atoms with E-state index in [9.17, 15) is 14.4 Å². The summed E-state index contributed by atoms with van der Waals surface area (Å²) < 4.78 is 0. The number of hydrogen-bond donors (Lipinski definition) is 0. The Balaban J connectivity index is 1.91. The van der Waals surface area contributed by atoms with E-state index < -0.39 is 17.5 Å². The predicted octanol–water partition coefficient (Wildman–Crippen LogP) is 4.10. The normalized spacial score (nSPS) is 16.4. The summed E-state index contributed by atoms with van der Waals surface area (Å²) in [5.41, 5.74) is 0.999. The second kappa shape index (κ2) is 8.91. The molecule has 0 saturated carbocycles. The smallest absolute Gasteiger partial charge is 0.257 e. The van der Waals surface area contributed by atoms with Crippen LogP contribution < -0.4 is 4.90 Å². The van der Waals surface area contributed by atoms with Crippen molar-refractivity contribution in [3.63, 3.8) is 0 Å². The first-order valence-corrected chi connectivity index (χ1v) is 10.5. The van der Waals surface area contributed by atoms with E-state index in [1.54, 1.807) is 53.4 Å². The largest absolute Gasteiger partial charge is 0.325 e. The van der Waals surface area contributed by atoms with Crippen molar-refractivity contribution < 1.29 is 14.4 Å². The highest BCUT2D eigenvalue weighted by Crippen LogP contribution is 2.32. The zero-order valence-electron chi connectivity index (χ0n) is 17.8. The van der Waals surface area contributed by atoms with Gasteiger partial charge < -0.3 is 4.90 Å². The maximum atomic E-state index is 13.3. The summed E-state index contributed by atoms with van der Waals surface area (Å²) >= 11 is 5.94. The average molecular weight is 438 g/mol. The van der Waals surface area contributed by atoms with Crippen LogP contribution in [0.25, 0.3) is 0 Å². The molecule has 1 aliphatic heterocycles. The molecule has 160 valence electrons. The quantitative estimate of drug-likeness (QED) is 0.637. The molecule has 0 aliphatic carbocycles. The maximum Gasteiger partial charge on any atom is 0.257 e.